The van der Waals surface area contributed by atoms with Crippen molar-refractivity contribution in [2.75, 3.05) is 45.6 Å². The van der Waals surface area contributed by atoms with Crippen LogP contribution in [0.2, 0.25) is 0 Å². The largest absolute Gasteiger partial charge is 0.497 e. The Morgan fingerprint density at radius 3 is 2.52 bits per heavy atom. The molecule has 1 heterocycles. The quantitative estimate of drug-likeness (QED) is 0.743. The van der Waals surface area contributed by atoms with Crippen molar-refractivity contribution in [3.63, 3.8) is 0 Å². The number of hydrogen-bond donors (Lipinski definition) is 2. The fraction of sp³-hybridized carbons (Fsp3) is 0.571. The lowest BCUT2D eigenvalue weighted by atomic mass is 10.2. The second-order valence-electron chi connectivity index (χ2n) is 5.08. The lowest BCUT2D eigenvalue weighted by molar-refractivity contribution is 0.253. The van der Waals surface area contributed by atoms with Gasteiger partial charge in [0.25, 0.3) is 0 Å². The summed E-state index contributed by atoms with van der Waals surface area (Å²) in [5.74, 6) is 0.906. The van der Waals surface area contributed by atoms with Crippen molar-refractivity contribution >= 4 is 10.0 Å². The van der Waals surface area contributed by atoms with Gasteiger partial charge in [-0.2, -0.15) is 0 Å². The number of piperazine rings is 1. The molecular weight excluding hydrogens is 290 g/mol. The van der Waals surface area contributed by atoms with Crippen LogP contribution in [0.1, 0.15) is 5.56 Å². The maximum Gasteiger partial charge on any atom is 0.213 e. The van der Waals surface area contributed by atoms with Crippen LogP contribution in [0, 0.1) is 0 Å². The van der Waals surface area contributed by atoms with Gasteiger partial charge in [-0.15, -0.1) is 0 Å². The van der Waals surface area contributed by atoms with Crippen molar-refractivity contribution in [1.29, 1.82) is 0 Å². The van der Waals surface area contributed by atoms with Crippen LogP contribution in [0.15, 0.2) is 24.3 Å². The van der Waals surface area contributed by atoms with Crippen molar-refractivity contribution < 1.29 is 13.2 Å². The highest BCUT2D eigenvalue weighted by Crippen LogP contribution is 2.11. The van der Waals surface area contributed by atoms with Gasteiger partial charge >= 0.3 is 0 Å². The third-order valence-electron chi connectivity index (χ3n) is 3.54. The van der Waals surface area contributed by atoms with Crippen molar-refractivity contribution in [3.05, 3.63) is 29.8 Å². The SMILES string of the molecule is COc1ccc(CNS(=O)(=O)CCN2CCNCC2)cc1. The molecule has 2 N–H and O–H groups in total. The summed E-state index contributed by atoms with van der Waals surface area (Å²) in [7, 11) is -1.63. The molecule has 1 aromatic carbocycles. The van der Waals surface area contributed by atoms with E-state index in [1.165, 1.54) is 0 Å². The Morgan fingerprint density at radius 1 is 1.24 bits per heavy atom. The molecule has 1 fully saturated rings. The third-order valence-corrected chi connectivity index (χ3v) is 4.85. The first-order valence-corrected chi connectivity index (χ1v) is 8.78. The fourth-order valence-electron chi connectivity index (χ4n) is 2.19. The summed E-state index contributed by atoms with van der Waals surface area (Å²) in [6.07, 6.45) is 0. The molecule has 21 heavy (non-hydrogen) atoms. The highest BCUT2D eigenvalue weighted by molar-refractivity contribution is 7.89. The molecule has 7 heteroatoms. The van der Waals surface area contributed by atoms with E-state index >= 15 is 0 Å². The molecule has 1 saturated heterocycles. The summed E-state index contributed by atoms with van der Waals surface area (Å²) >= 11 is 0. The average Bonchev–Trinajstić information content (AvgIpc) is 2.53. The molecule has 118 valence electrons. The molecule has 0 bridgehead atoms. The van der Waals surface area contributed by atoms with Gasteiger partial charge in [0.2, 0.25) is 10.0 Å². The molecule has 2 rings (SSSR count). The van der Waals surface area contributed by atoms with Crippen LogP contribution in [0.3, 0.4) is 0 Å². The third kappa shape index (κ3) is 5.62. The van der Waals surface area contributed by atoms with Crippen molar-refractivity contribution in [2.45, 2.75) is 6.54 Å². The molecule has 0 saturated carbocycles. The summed E-state index contributed by atoms with van der Waals surface area (Å²) in [6.45, 7) is 4.58. The predicted molar refractivity (Wildman–Crippen MR) is 82.9 cm³/mol. The van der Waals surface area contributed by atoms with E-state index in [1.54, 1.807) is 7.11 Å². The zero-order chi connectivity index (χ0) is 15.1. The number of sulfonamides is 1. The zero-order valence-electron chi connectivity index (χ0n) is 12.3. The number of hydrogen-bond acceptors (Lipinski definition) is 5. The van der Waals surface area contributed by atoms with E-state index in [1.807, 2.05) is 24.3 Å². The zero-order valence-corrected chi connectivity index (χ0v) is 13.2. The standard InChI is InChI=1S/C14H23N3O3S/c1-20-14-4-2-13(3-5-14)12-16-21(18,19)11-10-17-8-6-15-7-9-17/h2-5,15-16H,6-12H2,1H3. The number of methoxy groups -OCH3 is 1. The maximum atomic E-state index is 12.0. The second kappa shape index (κ2) is 7.74. The van der Waals surface area contributed by atoms with Gasteiger partial charge in [0.1, 0.15) is 5.75 Å². The van der Waals surface area contributed by atoms with E-state index in [9.17, 15) is 8.42 Å². The lowest BCUT2D eigenvalue weighted by Crippen LogP contribution is -2.45. The average molecular weight is 313 g/mol. The Labute approximate surface area is 126 Å². The van der Waals surface area contributed by atoms with Crippen LogP contribution in [-0.4, -0.2) is 58.9 Å². The molecule has 0 radical (unpaired) electrons. The number of ether oxygens (including phenoxy) is 1. The Balaban J connectivity index is 1.77. The molecule has 0 atom stereocenters. The minimum Gasteiger partial charge on any atom is -0.497 e. The van der Waals surface area contributed by atoms with Gasteiger partial charge in [-0.05, 0) is 17.7 Å². The van der Waals surface area contributed by atoms with Gasteiger partial charge in [0.15, 0.2) is 0 Å². The first kappa shape index (κ1) is 16.2. The molecule has 1 aliphatic rings. The van der Waals surface area contributed by atoms with Crippen molar-refractivity contribution in [2.24, 2.45) is 0 Å². The number of benzene rings is 1. The maximum absolute atomic E-state index is 12.0. The first-order valence-electron chi connectivity index (χ1n) is 7.12. The minimum atomic E-state index is -3.24. The van der Waals surface area contributed by atoms with Crippen LogP contribution in [0.4, 0.5) is 0 Å². The van der Waals surface area contributed by atoms with Gasteiger partial charge in [0, 0.05) is 39.3 Å². The summed E-state index contributed by atoms with van der Waals surface area (Å²) in [4.78, 5) is 2.17. The Kier molecular flexibility index (Phi) is 5.98. The molecule has 0 aliphatic carbocycles. The van der Waals surface area contributed by atoms with E-state index < -0.39 is 10.0 Å². The monoisotopic (exact) mass is 313 g/mol. The summed E-state index contributed by atoms with van der Waals surface area (Å²) in [5, 5.41) is 3.25. The molecule has 0 spiro atoms. The molecule has 0 amide bonds. The summed E-state index contributed by atoms with van der Waals surface area (Å²) in [6, 6.07) is 7.37. The highest BCUT2D eigenvalue weighted by atomic mass is 32.2. The number of rotatable bonds is 7. The van der Waals surface area contributed by atoms with Crippen LogP contribution in [0.25, 0.3) is 0 Å². The van der Waals surface area contributed by atoms with Crippen LogP contribution >= 0.6 is 0 Å². The van der Waals surface area contributed by atoms with Crippen LogP contribution < -0.4 is 14.8 Å². The summed E-state index contributed by atoms with van der Waals surface area (Å²) in [5.41, 5.74) is 0.918. The van der Waals surface area contributed by atoms with Gasteiger partial charge in [-0.3, -0.25) is 4.90 Å². The van der Waals surface area contributed by atoms with E-state index in [-0.39, 0.29) is 5.75 Å². The molecule has 1 aromatic rings. The Hall–Kier alpha value is -1.15. The van der Waals surface area contributed by atoms with Gasteiger partial charge in [-0.25, -0.2) is 13.1 Å². The minimum absolute atomic E-state index is 0.142. The summed E-state index contributed by atoms with van der Waals surface area (Å²) < 4.78 is 31.7. The molecule has 0 aromatic heterocycles. The topological polar surface area (TPSA) is 70.7 Å². The predicted octanol–water partition coefficient (Wildman–Crippen LogP) is 0.0198. The van der Waals surface area contributed by atoms with Gasteiger partial charge in [-0.1, -0.05) is 12.1 Å². The van der Waals surface area contributed by atoms with Crippen LogP contribution in [-0.2, 0) is 16.6 Å². The fourth-order valence-corrected chi connectivity index (χ4v) is 3.22. The van der Waals surface area contributed by atoms with E-state index in [0.29, 0.717) is 13.1 Å². The van der Waals surface area contributed by atoms with Crippen LogP contribution in [0.5, 0.6) is 5.75 Å². The van der Waals surface area contributed by atoms with Gasteiger partial charge in [0.05, 0.1) is 12.9 Å². The normalized spacial score (nSPS) is 16.8. The second-order valence-corrected chi connectivity index (χ2v) is 7.01. The first-order chi connectivity index (χ1) is 10.1. The van der Waals surface area contributed by atoms with E-state index in [4.69, 9.17) is 4.74 Å². The molecule has 0 unspecified atom stereocenters. The van der Waals surface area contributed by atoms with E-state index in [0.717, 1.165) is 37.5 Å². The number of nitrogens with zero attached hydrogens (tertiary/aromatic N) is 1. The Morgan fingerprint density at radius 2 is 1.90 bits per heavy atom. The Bertz CT molecular complexity index is 525. The highest BCUT2D eigenvalue weighted by Gasteiger charge is 2.15. The number of nitrogens with one attached hydrogen (secondary N) is 2. The molecule has 6 nitrogen and oxygen atoms in total. The van der Waals surface area contributed by atoms with Gasteiger partial charge < -0.3 is 10.1 Å². The van der Waals surface area contributed by atoms with Crippen molar-refractivity contribution in [1.82, 2.24) is 14.9 Å². The van der Waals surface area contributed by atoms with E-state index in [2.05, 4.69) is 14.9 Å². The van der Waals surface area contributed by atoms with Crippen molar-refractivity contribution in [3.8, 4) is 5.75 Å². The lowest BCUT2D eigenvalue weighted by Gasteiger charge is -2.26. The smallest absolute Gasteiger partial charge is 0.213 e. The molecular formula is C14H23N3O3S. The molecule has 1 aliphatic heterocycles.